The third-order valence-electron chi connectivity index (χ3n) is 7.02. The van der Waals surface area contributed by atoms with E-state index < -0.39 is 20.5 Å². The van der Waals surface area contributed by atoms with Gasteiger partial charge in [-0.15, -0.1) is 0 Å². The second kappa shape index (κ2) is 12.7. The second-order valence-corrected chi connectivity index (χ2v) is 11.8. The molecule has 2 N–H and O–H groups in total. The number of nitrogens with one attached hydrogen (secondary N) is 1. The van der Waals surface area contributed by atoms with Gasteiger partial charge in [0.15, 0.2) is 14.6 Å². The van der Waals surface area contributed by atoms with Crippen molar-refractivity contribution in [2.75, 3.05) is 40.0 Å². The summed E-state index contributed by atoms with van der Waals surface area (Å²) in [7, 11) is -2.49. The topological polar surface area (TPSA) is 144 Å². The molecule has 1 amide bonds. The van der Waals surface area contributed by atoms with Gasteiger partial charge < -0.3 is 18.9 Å². The number of likely N-dealkylation sites (tertiary alicyclic amines) is 1. The molecule has 210 valence electrons. The molecule has 4 rings (SSSR count). The fourth-order valence-corrected chi connectivity index (χ4v) is 6.56. The number of rotatable bonds is 12. The zero-order chi connectivity index (χ0) is 27.9. The fourth-order valence-electron chi connectivity index (χ4n) is 4.61. The minimum atomic E-state index is -4.09. The molecule has 0 aliphatic carbocycles. The second-order valence-electron chi connectivity index (χ2n) is 9.57. The van der Waals surface area contributed by atoms with Crippen LogP contribution < -0.4 is 10.2 Å². The van der Waals surface area contributed by atoms with Crippen LogP contribution in [0.3, 0.4) is 0 Å². The van der Waals surface area contributed by atoms with Crippen LogP contribution in [0.25, 0.3) is 11.4 Å². The lowest BCUT2D eigenvalue weighted by molar-refractivity contribution is -0.133. The van der Waals surface area contributed by atoms with Crippen molar-refractivity contribution in [2.45, 2.75) is 42.2 Å². The van der Waals surface area contributed by atoms with E-state index in [1.54, 1.807) is 24.7 Å². The van der Waals surface area contributed by atoms with E-state index in [9.17, 15) is 18.4 Å². The summed E-state index contributed by atoms with van der Waals surface area (Å²) in [4.78, 5) is 19.1. The molecule has 12 heteroatoms. The smallest absolute Gasteiger partial charge is 0.265 e. The Morgan fingerprint density at radius 1 is 1.10 bits per heavy atom. The number of benzene rings is 2. The number of nitrogens with zero attached hydrogens (tertiary/aromatic N) is 3. The molecule has 0 unspecified atom stereocenters. The van der Waals surface area contributed by atoms with Crippen LogP contribution >= 0.6 is 0 Å². The summed E-state index contributed by atoms with van der Waals surface area (Å²) >= 11 is 0. The average Bonchev–Trinajstić information content (AvgIpc) is 3.43. The highest BCUT2D eigenvalue weighted by Crippen LogP contribution is 2.36. The highest BCUT2D eigenvalue weighted by molar-refractivity contribution is 7.93. The number of aromatic nitrogens is 2. The molecule has 1 fully saturated rings. The average molecular weight is 559 g/mol. The minimum absolute atomic E-state index is 0.00159. The Labute approximate surface area is 228 Å². The molecular weight excluding hydrogens is 524 g/mol. The number of amides is 1. The number of aryl methyl sites for hydroxylation is 2. The lowest BCUT2D eigenvalue weighted by atomic mass is 9.95. The maximum Gasteiger partial charge on any atom is 0.265 e. The Bertz CT molecular complexity index is 1330. The first-order chi connectivity index (χ1) is 18.8. The van der Waals surface area contributed by atoms with Gasteiger partial charge in [0.2, 0.25) is 11.7 Å². The van der Waals surface area contributed by atoms with E-state index in [1.807, 2.05) is 36.1 Å². The summed E-state index contributed by atoms with van der Waals surface area (Å²) in [5.41, 5.74) is 3.62. The van der Waals surface area contributed by atoms with Crippen LogP contribution in [0, 0.1) is 6.92 Å². The Kier molecular flexibility index (Phi) is 9.33. The maximum atomic E-state index is 13.6. The first-order valence-electron chi connectivity index (χ1n) is 12.8. The lowest BCUT2D eigenvalue weighted by Crippen LogP contribution is -2.57. The summed E-state index contributed by atoms with van der Waals surface area (Å²) < 4.78 is 41.6. The predicted molar refractivity (Wildman–Crippen MR) is 142 cm³/mol. The molecule has 1 aliphatic heterocycles. The molecule has 1 saturated heterocycles. The van der Waals surface area contributed by atoms with Crippen molar-refractivity contribution in [3.8, 4) is 17.1 Å². The van der Waals surface area contributed by atoms with E-state index in [-0.39, 0.29) is 17.7 Å². The van der Waals surface area contributed by atoms with Gasteiger partial charge in [-0.25, -0.2) is 13.9 Å². The Morgan fingerprint density at radius 2 is 1.79 bits per heavy atom. The van der Waals surface area contributed by atoms with Gasteiger partial charge >= 0.3 is 0 Å². The number of carbonyl (C=O) groups is 1. The van der Waals surface area contributed by atoms with Crippen LogP contribution in [0.4, 0.5) is 0 Å². The van der Waals surface area contributed by atoms with Crippen LogP contribution in [0.5, 0.6) is 5.75 Å². The van der Waals surface area contributed by atoms with Gasteiger partial charge in [0, 0.05) is 38.7 Å². The van der Waals surface area contributed by atoms with Crippen molar-refractivity contribution in [2.24, 2.45) is 0 Å². The lowest BCUT2D eigenvalue weighted by Gasteiger charge is -2.39. The predicted octanol–water partition coefficient (Wildman–Crippen LogP) is 2.82. The molecule has 0 bridgehead atoms. The third-order valence-corrected chi connectivity index (χ3v) is 9.54. The molecule has 11 nitrogen and oxygen atoms in total. The fraction of sp³-hybridized carbons (Fsp3) is 0.444. The molecular formula is C27H34N4O7S. The van der Waals surface area contributed by atoms with Crippen LogP contribution in [0.1, 0.15) is 30.7 Å². The molecule has 1 aliphatic rings. The van der Waals surface area contributed by atoms with Crippen LogP contribution in [-0.2, 0) is 25.8 Å². The molecule has 0 spiro atoms. The molecule has 0 radical (unpaired) electrons. The van der Waals surface area contributed by atoms with Gasteiger partial charge in [-0.05, 0) is 50.5 Å². The number of ether oxygens (including phenoxy) is 2. The number of sulfone groups is 1. The molecule has 3 aromatic rings. The first kappa shape index (κ1) is 28.7. The van der Waals surface area contributed by atoms with Gasteiger partial charge in [-0.3, -0.25) is 10.0 Å². The highest BCUT2D eigenvalue weighted by atomic mass is 32.2. The monoisotopic (exact) mass is 558 g/mol. The van der Waals surface area contributed by atoms with Crippen LogP contribution in [0.2, 0.25) is 0 Å². The molecule has 0 saturated carbocycles. The molecule has 2 aromatic carbocycles. The van der Waals surface area contributed by atoms with Gasteiger partial charge in [0.25, 0.3) is 5.91 Å². The van der Waals surface area contributed by atoms with E-state index in [2.05, 4.69) is 10.1 Å². The van der Waals surface area contributed by atoms with Crippen molar-refractivity contribution in [1.82, 2.24) is 20.5 Å². The van der Waals surface area contributed by atoms with Gasteiger partial charge in [-0.2, -0.15) is 4.98 Å². The quantitative estimate of drug-likeness (QED) is 0.193. The summed E-state index contributed by atoms with van der Waals surface area (Å²) in [5, 5.41) is 13.4. The largest absolute Gasteiger partial charge is 0.494 e. The highest BCUT2D eigenvalue weighted by Gasteiger charge is 2.52. The van der Waals surface area contributed by atoms with Crippen molar-refractivity contribution in [3.05, 3.63) is 60.0 Å². The Morgan fingerprint density at radius 3 is 2.44 bits per heavy atom. The number of hydrogen-bond donors (Lipinski definition) is 2. The van der Waals surface area contributed by atoms with Gasteiger partial charge in [0.05, 0.1) is 18.1 Å². The van der Waals surface area contributed by atoms with E-state index in [0.717, 1.165) is 11.1 Å². The summed E-state index contributed by atoms with van der Waals surface area (Å²) in [6.45, 7) is 4.31. The van der Waals surface area contributed by atoms with Crippen LogP contribution in [0.15, 0.2) is 57.9 Å². The number of methoxy groups -OCH3 is 1. The van der Waals surface area contributed by atoms with Gasteiger partial charge in [0.1, 0.15) is 5.75 Å². The summed E-state index contributed by atoms with van der Waals surface area (Å²) in [5.74, 6) is 0.628. The number of hydrogen-bond acceptors (Lipinski definition) is 10. The van der Waals surface area contributed by atoms with E-state index >= 15 is 0 Å². The molecule has 39 heavy (non-hydrogen) atoms. The Hall–Kier alpha value is -3.32. The van der Waals surface area contributed by atoms with Crippen molar-refractivity contribution in [3.63, 3.8) is 0 Å². The molecule has 1 aromatic heterocycles. The van der Waals surface area contributed by atoms with E-state index in [1.165, 1.54) is 12.1 Å². The molecule has 2 heterocycles. The standard InChI is InChI=1S/C27H34N4O7S/c1-20-5-7-21(8-6-20)25-28-24(38-30-25)4-3-18-37-22-9-11-23(12-10-22)39(34,35)27(26(32)29-33)13-15-31(16-14-27)17-19-36-2/h5-12,33H,3-4,13-19H2,1-2H3,(H,29,32). The van der Waals surface area contributed by atoms with Crippen molar-refractivity contribution < 1.29 is 32.4 Å². The SMILES string of the molecule is COCCN1CCC(C(=O)NO)(S(=O)(=O)c2ccc(OCCCc3nc(-c4ccc(C)cc4)no3)cc2)CC1. The van der Waals surface area contributed by atoms with Crippen molar-refractivity contribution >= 4 is 15.7 Å². The normalized spacial score (nSPS) is 15.7. The Balaban J connectivity index is 1.33. The minimum Gasteiger partial charge on any atom is -0.494 e. The number of piperidine rings is 1. The summed E-state index contributed by atoms with van der Waals surface area (Å²) in [6.07, 6.45) is 1.27. The van der Waals surface area contributed by atoms with Gasteiger partial charge in [-0.1, -0.05) is 35.0 Å². The van der Waals surface area contributed by atoms with Crippen molar-refractivity contribution in [1.29, 1.82) is 0 Å². The zero-order valence-electron chi connectivity index (χ0n) is 22.1. The zero-order valence-corrected chi connectivity index (χ0v) is 22.9. The van der Waals surface area contributed by atoms with Crippen LogP contribution in [-0.4, -0.2) is 79.3 Å². The number of carbonyl (C=O) groups excluding carboxylic acids is 1. The van der Waals surface area contributed by atoms with E-state index in [4.69, 9.17) is 14.0 Å². The van der Waals surface area contributed by atoms with E-state index in [0.29, 0.717) is 63.2 Å². The summed E-state index contributed by atoms with van der Waals surface area (Å²) in [6, 6.07) is 13.9. The third kappa shape index (κ3) is 6.47. The number of hydroxylamine groups is 1. The first-order valence-corrected chi connectivity index (χ1v) is 14.3. The molecule has 0 atom stereocenters. The maximum absolute atomic E-state index is 13.6.